The minimum Gasteiger partial charge on any atom is -0.351 e. The van der Waals surface area contributed by atoms with Gasteiger partial charge in [0.2, 0.25) is 5.91 Å². The van der Waals surface area contributed by atoms with Crippen LogP contribution < -0.4 is 16.4 Å². The lowest BCUT2D eigenvalue weighted by atomic mass is 9.94. The van der Waals surface area contributed by atoms with Crippen molar-refractivity contribution in [3.05, 3.63) is 29.8 Å². The topological polar surface area (TPSA) is 84.2 Å². The molecule has 1 aromatic rings. The van der Waals surface area contributed by atoms with Crippen LogP contribution in [0.2, 0.25) is 0 Å². The van der Waals surface area contributed by atoms with Crippen LogP contribution in [0.1, 0.15) is 37.6 Å². The average molecular weight is 291 g/mol. The summed E-state index contributed by atoms with van der Waals surface area (Å²) in [6.45, 7) is 7.01. The van der Waals surface area contributed by atoms with Crippen LogP contribution in [-0.2, 0) is 4.79 Å². The fraction of sp³-hybridized carbons (Fsp3) is 0.500. The van der Waals surface area contributed by atoms with E-state index in [-0.39, 0.29) is 11.8 Å². The Balaban J connectivity index is 2.75. The summed E-state index contributed by atoms with van der Waals surface area (Å²) in [5.74, 6) is 0.436. The molecule has 5 heteroatoms. The second kappa shape index (κ2) is 8.42. The lowest BCUT2D eigenvalue weighted by molar-refractivity contribution is -0.117. The van der Waals surface area contributed by atoms with Crippen molar-refractivity contribution in [2.45, 2.75) is 27.2 Å². The zero-order chi connectivity index (χ0) is 15.8. The maximum absolute atomic E-state index is 12.1. The zero-order valence-electron chi connectivity index (χ0n) is 13.0. The van der Waals surface area contributed by atoms with E-state index in [1.807, 2.05) is 6.92 Å². The molecule has 0 radical (unpaired) electrons. The number of nitrogens with one attached hydrogen (secondary N) is 2. The minimum atomic E-state index is -0.228. The highest BCUT2D eigenvalue weighted by atomic mass is 16.2. The molecule has 4 N–H and O–H groups in total. The Hall–Kier alpha value is -1.88. The van der Waals surface area contributed by atoms with Gasteiger partial charge in [0.05, 0.1) is 11.3 Å². The van der Waals surface area contributed by atoms with Crippen molar-refractivity contribution < 1.29 is 9.59 Å². The number of anilines is 1. The average Bonchev–Trinajstić information content (AvgIpc) is 2.45. The summed E-state index contributed by atoms with van der Waals surface area (Å²) in [6, 6.07) is 6.98. The first-order chi connectivity index (χ1) is 9.95. The third-order valence-corrected chi connectivity index (χ3v) is 3.52. The van der Waals surface area contributed by atoms with E-state index in [2.05, 4.69) is 24.5 Å². The molecule has 0 bridgehead atoms. The van der Waals surface area contributed by atoms with Crippen LogP contribution in [0.3, 0.4) is 0 Å². The molecule has 0 saturated carbocycles. The molecule has 0 heterocycles. The maximum Gasteiger partial charge on any atom is 0.253 e. The lowest BCUT2D eigenvalue weighted by Gasteiger charge is -2.16. The molecule has 0 aliphatic heterocycles. The number of nitrogens with two attached hydrogens (primary N) is 1. The molecule has 116 valence electrons. The van der Waals surface area contributed by atoms with Gasteiger partial charge in [-0.2, -0.15) is 0 Å². The van der Waals surface area contributed by atoms with Gasteiger partial charge in [-0.1, -0.05) is 32.9 Å². The van der Waals surface area contributed by atoms with Crippen LogP contribution in [0.15, 0.2) is 24.3 Å². The van der Waals surface area contributed by atoms with Gasteiger partial charge >= 0.3 is 0 Å². The predicted molar refractivity (Wildman–Crippen MR) is 85.1 cm³/mol. The van der Waals surface area contributed by atoms with Crippen molar-refractivity contribution in [2.75, 3.05) is 18.4 Å². The summed E-state index contributed by atoms with van der Waals surface area (Å²) in [5, 5.41) is 5.53. The second-order valence-corrected chi connectivity index (χ2v) is 5.56. The predicted octanol–water partition coefficient (Wildman–Crippen LogP) is 2.00. The number of hydrogen-bond acceptors (Lipinski definition) is 3. The minimum absolute atomic E-state index is 0.0738. The quantitative estimate of drug-likeness (QED) is 0.718. The van der Waals surface area contributed by atoms with E-state index in [1.165, 1.54) is 0 Å². The molecule has 1 rings (SSSR count). The van der Waals surface area contributed by atoms with Gasteiger partial charge in [-0.15, -0.1) is 0 Å². The van der Waals surface area contributed by atoms with Crippen LogP contribution in [0.5, 0.6) is 0 Å². The fourth-order valence-corrected chi connectivity index (χ4v) is 1.80. The zero-order valence-corrected chi connectivity index (χ0v) is 13.0. The Morgan fingerprint density at radius 2 is 1.86 bits per heavy atom. The molecule has 1 unspecified atom stereocenters. The molecule has 1 aromatic carbocycles. The molecule has 0 fully saturated rings. The van der Waals surface area contributed by atoms with Crippen molar-refractivity contribution in [3.8, 4) is 0 Å². The number of carbonyl (C=O) groups is 2. The summed E-state index contributed by atoms with van der Waals surface area (Å²) in [6.07, 6.45) is 0.441. The number of carbonyl (C=O) groups excluding carboxylic acids is 2. The van der Waals surface area contributed by atoms with Crippen LogP contribution in [0, 0.1) is 11.8 Å². The van der Waals surface area contributed by atoms with Crippen molar-refractivity contribution in [1.29, 1.82) is 0 Å². The normalized spacial score (nSPS) is 12.0. The van der Waals surface area contributed by atoms with Gasteiger partial charge in [-0.3, -0.25) is 9.59 Å². The van der Waals surface area contributed by atoms with Crippen LogP contribution >= 0.6 is 0 Å². The highest BCUT2D eigenvalue weighted by Crippen LogP contribution is 2.18. The van der Waals surface area contributed by atoms with Gasteiger partial charge < -0.3 is 16.4 Å². The summed E-state index contributed by atoms with van der Waals surface area (Å²) < 4.78 is 0. The molecule has 0 aliphatic rings. The Morgan fingerprint density at radius 3 is 2.48 bits per heavy atom. The first-order valence-electron chi connectivity index (χ1n) is 7.32. The van der Waals surface area contributed by atoms with Gasteiger partial charge in [0.15, 0.2) is 0 Å². The number of rotatable bonds is 7. The van der Waals surface area contributed by atoms with Crippen molar-refractivity contribution >= 4 is 17.5 Å². The summed E-state index contributed by atoms with van der Waals surface area (Å²) >= 11 is 0. The Bertz CT molecular complexity index is 486. The smallest absolute Gasteiger partial charge is 0.253 e. The van der Waals surface area contributed by atoms with Gasteiger partial charge in [-0.05, 0) is 24.0 Å². The summed E-state index contributed by atoms with van der Waals surface area (Å²) in [7, 11) is 0. The van der Waals surface area contributed by atoms with Crippen LogP contribution in [0.25, 0.3) is 0 Å². The SMILES string of the molecule is CC(C)C(C)CC(=O)Nc1ccccc1C(=O)NCCN. The molecule has 1 atom stereocenters. The summed E-state index contributed by atoms with van der Waals surface area (Å²) in [5.41, 5.74) is 6.36. The Morgan fingerprint density at radius 1 is 1.19 bits per heavy atom. The summed E-state index contributed by atoms with van der Waals surface area (Å²) in [4.78, 5) is 24.1. The largest absolute Gasteiger partial charge is 0.351 e. The first kappa shape index (κ1) is 17.2. The highest BCUT2D eigenvalue weighted by Gasteiger charge is 2.15. The van der Waals surface area contributed by atoms with E-state index in [1.54, 1.807) is 24.3 Å². The van der Waals surface area contributed by atoms with Gasteiger partial charge in [-0.25, -0.2) is 0 Å². The molecule has 2 amide bonds. The van der Waals surface area contributed by atoms with E-state index in [0.29, 0.717) is 42.6 Å². The molecule has 0 spiro atoms. The molecular weight excluding hydrogens is 266 g/mol. The van der Waals surface area contributed by atoms with E-state index >= 15 is 0 Å². The van der Waals surface area contributed by atoms with E-state index in [9.17, 15) is 9.59 Å². The molecule has 0 aromatic heterocycles. The molecule has 0 saturated heterocycles. The van der Waals surface area contributed by atoms with E-state index < -0.39 is 0 Å². The molecule has 21 heavy (non-hydrogen) atoms. The van der Waals surface area contributed by atoms with Gasteiger partial charge in [0, 0.05) is 19.5 Å². The second-order valence-electron chi connectivity index (χ2n) is 5.56. The number of benzene rings is 1. The lowest BCUT2D eigenvalue weighted by Crippen LogP contribution is -2.30. The standard InChI is InChI=1S/C16H25N3O2/c1-11(2)12(3)10-15(20)19-14-7-5-4-6-13(14)16(21)18-9-8-17/h4-7,11-12H,8-10,17H2,1-3H3,(H,18,21)(H,19,20). The van der Waals surface area contributed by atoms with Crippen LogP contribution in [0.4, 0.5) is 5.69 Å². The molecule has 0 aliphatic carbocycles. The molecular formula is C16H25N3O2. The van der Waals surface area contributed by atoms with Gasteiger partial charge in [0.1, 0.15) is 0 Å². The number of hydrogen-bond donors (Lipinski definition) is 3. The van der Waals surface area contributed by atoms with Crippen molar-refractivity contribution in [1.82, 2.24) is 5.32 Å². The monoisotopic (exact) mass is 291 g/mol. The molecule has 5 nitrogen and oxygen atoms in total. The fourth-order valence-electron chi connectivity index (χ4n) is 1.80. The maximum atomic E-state index is 12.1. The van der Waals surface area contributed by atoms with Crippen molar-refractivity contribution in [3.63, 3.8) is 0 Å². The van der Waals surface area contributed by atoms with E-state index in [0.717, 1.165) is 0 Å². The van der Waals surface area contributed by atoms with Crippen molar-refractivity contribution in [2.24, 2.45) is 17.6 Å². The number of amides is 2. The Kier molecular flexibility index (Phi) is 6.88. The first-order valence-corrected chi connectivity index (χ1v) is 7.32. The third kappa shape index (κ3) is 5.55. The van der Waals surface area contributed by atoms with Gasteiger partial charge in [0.25, 0.3) is 5.91 Å². The van der Waals surface area contributed by atoms with E-state index in [4.69, 9.17) is 5.73 Å². The number of para-hydroxylation sites is 1. The van der Waals surface area contributed by atoms with Crippen LogP contribution in [-0.4, -0.2) is 24.9 Å². The highest BCUT2D eigenvalue weighted by molar-refractivity contribution is 6.03. The third-order valence-electron chi connectivity index (χ3n) is 3.52. The Labute approximate surface area is 126 Å².